The third kappa shape index (κ3) is 4.62. The topological polar surface area (TPSA) is 123 Å². The summed E-state index contributed by atoms with van der Waals surface area (Å²) in [4.78, 5) is 35.0. The molecule has 4 aromatic rings. The van der Waals surface area contributed by atoms with E-state index in [1.54, 1.807) is 12.1 Å². The van der Waals surface area contributed by atoms with E-state index in [1.165, 1.54) is 59.4 Å². The van der Waals surface area contributed by atoms with E-state index in [9.17, 15) is 22.4 Å². The molecule has 0 saturated carbocycles. The molecule has 2 amide bonds. The van der Waals surface area contributed by atoms with E-state index < -0.39 is 15.7 Å². The van der Waals surface area contributed by atoms with Gasteiger partial charge in [-0.1, -0.05) is 6.07 Å². The van der Waals surface area contributed by atoms with Crippen LogP contribution < -0.4 is 10.1 Å². The first-order chi connectivity index (χ1) is 17.7. The van der Waals surface area contributed by atoms with Gasteiger partial charge in [-0.05, 0) is 30.3 Å². The van der Waals surface area contributed by atoms with Crippen molar-refractivity contribution in [3.8, 4) is 22.8 Å². The van der Waals surface area contributed by atoms with Gasteiger partial charge in [0, 0.05) is 60.0 Å². The number of fused-ring (bicyclic) bond motifs is 1. The largest absolute Gasteiger partial charge is 0.497 e. The fourth-order valence-electron chi connectivity index (χ4n) is 4.22. The third-order valence-corrected chi connectivity index (χ3v) is 7.20. The van der Waals surface area contributed by atoms with E-state index in [2.05, 4.69) is 15.3 Å². The average molecular weight is 524 g/mol. The summed E-state index contributed by atoms with van der Waals surface area (Å²) in [7, 11) is -2.15. The number of ether oxygens (including phenoxy) is 1. The SMILES string of the molecule is COc1ccc(F)c(-c2cnc(-n3cc(S(C)(=O)=O)c4ccc(C(=O)N5CCNC(=O)C5)cc43)nc2)c1. The second kappa shape index (κ2) is 9.28. The number of halogens is 1. The molecule has 3 heterocycles. The number of hydrogen-bond acceptors (Lipinski definition) is 7. The minimum atomic E-state index is -3.63. The fraction of sp³-hybridized carbons (Fsp3) is 0.200. The minimum absolute atomic E-state index is 0.0466. The van der Waals surface area contributed by atoms with Crippen LogP contribution in [0.4, 0.5) is 4.39 Å². The molecular weight excluding hydrogens is 501 g/mol. The monoisotopic (exact) mass is 523 g/mol. The summed E-state index contributed by atoms with van der Waals surface area (Å²) < 4.78 is 46.1. The Morgan fingerprint density at radius 2 is 1.89 bits per heavy atom. The van der Waals surface area contributed by atoms with Crippen molar-refractivity contribution >= 4 is 32.6 Å². The number of methoxy groups -OCH3 is 1. The van der Waals surface area contributed by atoms with Gasteiger partial charge in [-0.3, -0.25) is 14.2 Å². The van der Waals surface area contributed by atoms with Crippen LogP contribution in [0.15, 0.2) is 59.9 Å². The molecule has 190 valence electrons. The summed E-state index contributed by atoms with van der Waals surface area (Å²) in [5.74, 6) is -0.469. The first-order valence-electron chi connectivity index (χ1n) is 11.2. The molecule has 0 bridgehead atoms. The van der Waals surface area contributed by atoms with Crippen molar-refractivity contribution in [1.29, 1.82) is 0 Å². The normalized spacial score (nSPS) is 14.0. The summed E-state index contributed by atoms with van der Waals surface area (Å²) in [5, 5.41) is 3.06. The summed E-state index contributed by atoms with van der Waals surface area (Å²) >= 11 is 0. The first kappa shape index (κ1) is 24.4. The van der Waals surface area contributed by atoms with E-state index in [1.807, 2.05) is 0 Å². The number of carbonyl (C=O) groups excluding carboxylic acids is 2. The quantitative estimate of drug-likeness (QED) is 0.425. The Morgan fingerprint density at radius 1 is 1.14 bits per heavy atom. The Hall–Kier alpha value is -4.32. The van der Waals surface area contributed by atoms with E-state index in [-0.39, 0.29) is 40.3 Å². The van der Waals surface area contributed by atoms with Crippen LogP contribution in [0.5, 0.6) is 5.75 Å². The number of hydrogen-bond donors (Lipinski definition) is 1. The second-order valence-corrected chi connectivity index (χ2v) is 10.5. The van der Waals surface area contributed by atoms with Crippen molar-refractivity contribution in [3.05, 3.63) is 66.4 Å². The van der Waals surface area contributed by atoms with Gasteiger partial charge in [-0.2, -0.15) is 0 Å². The lowest BCUT2D eigenvalue weighted by Crippen LogP contribution is -2.49. The van der Waals surface area contributed by atoms with Gasteiger partial charge in [0.25, 0.3) is 5.91 Å². The van der Waals surface area contributed by atoms with Crippen LogP contribution in [0.1, 0.15) is 10.4 Å². The highest BCUT2D eigenvalue weighted by Gasteiger charge is 2.25. The van der Waals surface area contributed by atoms with E-state index >= 15 is 0 Å². The van der Waals surface area contributed by atoms with E-state index in [0.717, 1.165) is 6.26 Å². The van der Waals surface area contributed by atoms with Gasteiger partial charge < -0.3 is 15.0 Å². The van der Waals surface area contributed by atoms with Crippen molar-refractivity contribution < 1.29 is 27.1 Å². The van der Waals surface area contributed by atoms with Crippen molar-refractivity contribution in [2.75, 3.05) is 33.0 Å². The first-order valence-corrected chi connectivity index (χ1v) is 13.1. The van der Waals surface area contributed by atoms with Gasteiger partial charge in [0.1, 0.15) is 11.6 Å². The summed E-state index contributed by atoms with van der Waals surface area (Å²) in [6.07, 6.45) is 5.33. The number of sulfone groups is 1. The Morgan fingerprint density at radius 3 is 2.57 bits per heavy atom. The molecule has 5 rings (SSSR count). The van der Waals surface area contributed by atoms with Gasteiger partial charge in [0.15, 0.2) is 9.84 Å². The Kier molecular flexibility index (Phi) is 6.12. The van der Waals surface area contributed by atoms with Crippen LogP contribution in [-0.2, 0) is 14.6 Å². The number of rotatable bonds is 5. The molecule has 0 spiro atoms. The number of nitrogens with zero attached hydrogens (tertiary/aromatic N) is 4. The fourth-order valence-corrected chi connectivity index (χ4v) is 5.09. The third-order valence-electron chi connectivity index (χ3n) is 6.08. The Labute approximate surface area is 211 Å². The molecule has 10 nitrogen and oxygen atoms in total. The predicted octanol–water partition coefficient (Wildman–Crippen LogP) is 2.21. The molecular formula is C25H22FN5O5S. The highest BCUT2D eigenvalue weighted by molar-refractivity contribution is 7.91. The van der Waals surface area contributed by atoms with E-state index in [0.29, 0.717) is 35.3 Å². The number of benzene rings is 2. The zero-order chi connectivity index (χ0) is 26.3. The van der Waals surface area contributed by atoms with Crippen LogP contribution in [0, 0.1) is 5.82 Å². The number of amides is 2. The standard InChI is InChI=1S/C25H22FN5O5S/c1-36-17-4-6-20(26)19(10-17)16-11-28-25(29-12-16)31-13-22(37(2,34)35)18-5-3-15(9-21(18)31)24(33)30-8-7-27-23(32)14-30/h3-6,9-13H,7-8,14H2,1-2H3,(H,27,32). The van der Waals surface area contributed by atoms with Gasteiger partial charge in [0.05, 0.1) is 24.1 Å². The lowest BCUT2D eigenvalue weighted by molar-refractivity contribution is -0.123. The highest BCUT2D eigenvalue weighted by atomic mass is 32.2. The number of aromatic nitrogens is 3. The summed E-state index contributed by atoms with van der Waals surface area (Å²) in [6.45, 7) is 0.664. The smallest absolute Gasteiger partial charge is 0.254 e. The highest BCUT2D eigenvalue weighted by Crippen LogP contribution is 2.30. The molecule has 0 radical (unpaired) electrons. The van der Waals surface area contributed by atoms with Crippen molar-refractivity contribution in [2.24, 2.45) is 0 Å². The van der Waals surface area contributed by atoms with Crippen LogP contribution in [-0.4, -0.2) is 72.7 Å². The van der Waals surface area contributed by atoms with Gasteiger partial charge in [-0.15, -0.1) is 0 Å². The maximum atomic E-state index is 14.4. The van der Waals surface area contributed by atoms with Gasteiger partial charge >= 0.3 is 0 Å². The van der Waals surface area contributed by atoms with Crippen molar-refractivity contribution in [2.45, 2.75) is 4.90 Å². The Balaban J connectivity index is 1.59. The van der Waals surface area contributed by atoms with Gasteiger partial charge in [-0.25, -0.2) is 22.8 Å². The molecule has 37 heavy (non-hydrogen) atoms. The predicted molar refractivity (Wildman–Crippen MR) is 133 cm³/mol. The van der Waals surface area contributed by atoms with Crippen LogP contribution in [0.3, 0.4) is 0 Å². The molecule has 0 unspecified atom stereocenters. The zero-order valence-electron chi connectivity index (χ0n) is 19.9. The molecule has 1 saturated heterocycles. The Bertz CT molecular complexity index is 1650. The van der Waals surface area contributed by atoms with Crippen LogP contribution in [0.25, 0.3) is 28.0 Å². The molecule has 2 aromatic carbocycles. The molecule has 0 aliphatic carbocycles. The van der Waals surface area contributed by atoms with E-state index in [4.69, 9.17) is 4.74 Å². The molecule has 1 aliphatic rings. The molecule has 1 N–H and O–H groups in total. The average Bonchev–Trinajstić information content (AvgIpc) is 3.28. The maximum Gasteiger partial charge on any atom is 0.254 e. The van der Waals surface area contributed by atoms with Crippen molar-refractivity contribution in [1.82, 2.24) is 24.8 Å². The summed E-state index contributed by atoms with van der Waals surface area (Å²) in [6, 6.07) is 8.95. The van der Waals surface area contributed by atoms with Crippen LogP contribution >= 0.6 is 0 Å². The summed E-state index contributed by atoms with van der Waals surface area (Å²) in [5.41, 5.74) is 1.34. The van der Waals surface area contributed by atoms with Gasteiger partial charge in [0.2, 0.25) is 11.9 Å². The van der Waals surface area contributed by atoms with Crippen LogP contribution in [0.2, 0.25) is 0 Å². The number of nitrogens with one attached hydrogen (secondary N) is 1. The lowest BCUT2D eigenvalue weighted by atomic mass is 10.1. The van der Waals surface area contributed by atoms with Crippen molar-refractivity contribution in [3.63, 3.8) is 0 Å². The number of piperazine rings is 1. The maximum absolute atomic E-state index is 14.4. The minimum Gasteiger partial charge on any atom is -0.497 e. The molecule has 12 heteroatoms. The lowest BCUT2D eigenvalue weighted by Gasteiger charge is -2.26. The molecule has 0 atom stereocenters. The molecule has 1 fully saturated rings. The molecule has 2 aromatic heterocycles. The molecule has 1 aliphatic heterocycles. The zero-order valence-corrected chi connectivity index (χ0v) is 20.8. The number of carbonyl (C=O) groups is 2. The second-order valence-electron chi connectivity index (χ2n) is 8.56.